The number of allylic oxidation sites excluding steroid dienone is 3. The quantitative estimate of drug-likeness (QED) is 0.547. The zero-order valence-corrected chi connectivity index (χ0v) is 14.2. The predicted molar refractivity (Wildman–Crippen MR) is 89.6 cm³/mol. The van der Waals surface area contributed by atoms with Gasteiger partial charge in [-0.2, -0.15) is 0 Å². The number of carboxylic acid groups (broad SMARTS) is 1. The maximum absolute atomic E-state index is 12.3. The van der Waals surface area contributed by atoms with E-state index in [-0.39, 0.29) is 13.1 Å². The van der Waals surface area contributed by atoms with Crippen LogP contribution >= 0.6 is 0 Å². The fraction of sp³-hybridized carbons (Fsp3) is 0.529. The van der Waals surface area contributed by atoms with Gasteiger partial charge in [-0.05, 0) is 24.8 Å². The predicted octanol–water partition coefficient (Wildman–Crippen LogP) is 0.896. The summed E-state index contributed by atoms with van der Waals surface area (Å²) in [5.41, 5.74) is 0.559. The Bertz CT molecular complexity index is 626. The molecule has 1 saturated heterocycles. The highest BCUT2D eigenvalue weighted by Gasteiger charge is 2.37. The maximum atomic E-state index is 12.3. The standard InChI is InChI=1S/C17H23N3O5/c1-2-3-9-19-10-11-20(15(22)14(19)21)17(25)18-13(16(23)24)12-7-5-4-6-8-12/h4-5,8,13H,2-3,6-7,9-11H2,1H3,(H,18,25)(H,23,24). The monoisotopic (exact) mass is 349 g/mol. The van der Waals surface area contributed by atoms with Gasteiger partial charge in [-0.15, -0.1) is 0 Å². The number of hydrogen-bond acceptors (Lipinski definition) is 4. The van der Waals surface area contributed by atoms with Crippen LogP contribution < -0.4 is 5.32 Å². The maximum Gasteiger partial charge on any atom is 0.330 e. The number of piperazine rings is 1. The van der Waals surface area contributed by atoms with Crippen LogP contribution in [0.5, 0.6) is 0 Å². The van der Waals surface area contributed by atoms with Crippen LogP contribution in [0.15, 0.2) is 23.8 Å². The van der Waals surface area contributed by atoms with Crippen molar-refractivity contribution in [3.05, 3.63) is 23.8 Å². The van der Waals surface area contributed by atoms with Crippen molar-refractivity contribution in [1.29, 1.82) is 0 Å². The second-order valence-corrected chi connectivity index (χ2v) is 6.01. The number of hydrogen-bond donors (Lipinski definition) is 2. The molecule has 1 unspecified atom stereocenters. The van der Waals surface area contributed by atoms with E-state index in [0.717, 1.165) is 17.7 Å². The van der Waals surface area contributed by atoms with Crippen LogP contribution in [-0.4, -0.2) is 64.4 Å². The summed E-state index contributed by atoms with van der Waals surface area (Å²) < 4.78 is 0. The van der Waals surface area contributed by atoms with Crippen LogP contribution in [0.25, 0.3) is 0 Å². The molecule has 0 aromatic heterocycles. The fourth-order valence-corrected chi connectivity index (χ4v) is 2.80. The van der Waals surface area contributed by atoms with Crippen LogP contribution in [0.1, 0.15) is 32.6 Å². The highest BCUT2D eigenvalue weighted by atomic mass is 16.4. The summed E-state index contributed by atoms with van der Waals surface area (Å²) in [5.74, 6) is -2.83. The summed E-state index contributed by atoms with van der Waals surface area (Å²) in [4.78, 5) is 50.3. The van der Waals surface area contributed by atoms with Crippen LogP contribution in [0.2, 0.25) is 0 Å². The van der Waals surface area contributed by atoms with Gasteiger partial charge in [0.15, 0.2) is 0 Å². The normalized spacial score (nSPS) is 18.8. The van der Waals surface area contributed by atoms with Gasteiger partial charge in [-0.25, -0.2) is 9.59 Å². The number of aliphatic carboxylic acids is 1. The van der Waals surface area contributed by atoms with E-state index in [4.69, 9.17) is 0 Å². The Morgan fingerprint density at radius 3 is 2.60 bits per heavy atom. The van der Waals surface area contributed by atoms with Gasteiger partial charge in [0.1, 0.15) is 6.04 Å². The summed E-state index contributed by atoms with van der Waals surface area (Å²) in [6.45, 7) is 2.79. The van der Waals surface area contributed by atoms with Crippen molar-refractivity contribution in [1.82, 2.24) is 15.1 Å². The SMILES string of the molecule is CCCCN1CCN(C(=O)NC(C(=O)O)C2=CCC=CC2)C(=O)C1=O. The lowest BCUT2D eigenvalue weighted by atomic mass is 9.98. The second-order valence-electron chi connectivity index (χ2n) is 6.01. The number of nitrogens with one attached hydrogen (secondary N) is 1. The van der Waals surface area contributed by atoms with E-state index in [1.54, 1.807) is 6.08 Å². The van der Waals surface area contributed by atoms with Crippen molar-refractivity contribution >= 4 is 23.8 Å². The zero-order valence-electron chi connectivity index (χ0n) is 14.2. The molecule has 1 aliphatic carbocycles. The Labute approximate surface area is 146 Å². The van der Waals surface area contributed by atoms with Gasteiger partial charge >= 0.3 is 23.8 Å². The number of carbonyl (C=O) groups excluding carboxylic acids is 3. The van der Waals surface area contributed by atoms with Crippen LogP contribution in [0, 0.1) is 0 Å². The smallest absolute Gasteiger partial charge is 0.330 e. The lowest BCUT2D eigenvalue weighted by Gasteiger charge is -2.33. The number of carboxylic acids is 1. The van der Waals surface area contributed by atoms with Crippen molar-refractivity contribution in [3.63, 3.8) is 0 Å². The van der Waals surface area contributed by atoms with Gasteiger partial charge in [0, 0.05) is 19.6 Å². The molecule has 8 heteroatoms. The second kappa shape index (κ2) is 8.46. The van der Waals surface area contributed by atoms with Gasteiger partial charge in [-0.3, -0.25) is 14.5 Å². The van der Waals surface area contributed by atoms with Crippen LogP contribution in [-0.2, 0) is 14.4 Å². The molecule has 0 spiro atoms. The fourth-order valence-electron chi connectivity index (χ4n) is 2.80. The van der Waals surface area contributed by atoms with E-state index in [9.17, 15) is 24.3 Å². The third-order valence-corrected chi connectivity index (χ3v) is 4.26. The molecule has 2 N–H and O–H groups in total. The molecule has 2 aliphatic rings. The first-order valence-corrected chi connectivity index (χ1v) is 8.43. The average Bonchev–Trinajstić information content (AvgIpc) is 2.61. The lowest BCUT2D eigenvalue weighted by Crippen LogP contribution is -2.60. The molecule has 0 radical (unpaired) electrons. The number of amides is 4. The van der Waals surface area contributed by atoms with Gasteiger partial charge < -0.3 is 15.3 Å². The molecule has 0 bridgehead atoms. The molecular weight excluding hydrogens is 326 g/mol. The Morgan fingerprint density at radius 2 is 2.00 bits per heavy atom. The Morgan fingerprint density at radius 1 is 1.24 bits per heavy atom. The van der Waals surface area contributed by atoms with Crippen molar-refractivity contribution in [2.45, 2.75) is 38.6 Å². The number of nitrogens with zero attached hydrogens (tertiary/aromatic N) is 2. The highest BCUT2D eigenvalue weighted by molar-refractivity contribution is 6.38. The molecule has 0 aromatic rings. The summed E-state index contributed by atoms with van der Waals surface area (Å²) in [5, 5.41) is 11.7. The molecular formula is C17H23N3O5. The molecule has 2 rings (SSSR count). The molecule has 1 aliphatic heterocycles. The number of imide groups is 1. The van der Waals surface area contributed by atoms with Crippen molar-refractivity contribution in [3.8, 4) is 0 Å². The van der Waals surface area contributed by atoms with Crippen LogP contribution in [0.3, 0.4) is 0 Å². The van der Waals surface area contributed by atoms with Gasteiger partial charge in [0.25, 0.3) is 0 Å². The Hall–Kier alpha value is -2.64. The average molecular weight is 349 g/mol. The minimum Gasteiger partial charge on any atom is -0.479 e. The van der Waals surface area contributed by atoms with E-state index in [0.29, 0.717) is 25.0 Å². The van der Waals surface area contributed by atoms with E-state index < -0.39 is 29.9 Å². The molecule has 8 nitrogen and oxygen atoms in total. The van der Waals surface area contributed by atoms with Crippen molar-refractivity contribution in [2.75, 3.05) is 19.6 Å². The first-order valence-electron chi connectivity index (χ1n) is 8.43. The van der Waals surface area contributed by atoms with Crippen molar-refractivity contribution < 1.29 is 24.3 Å². The minimum absolute atomic E-state index is 0.0609. The topological polar surface area (TPSA) is 107 Å². The molecule has 0 aromatic carbocycles. The number of unbranched alkanes of at least 4 members (excludes halogenated alkanes) is 1. The summed E-state index contributed by atoms with van der Waals surface area (Å²) in [6, 6.07) is -2.06. The summed E-state index contributed by atoms with van der Waals surface area (Å²) in [6.07, 6.45) is 8.19. The summed E-state index contributed by atoms with van der Waals surface area (Å²) >= 11 is 0. The summed E-state index contributed by atoms with van der Waals surface area (Å²) in [7, 11) is 0. The van der Waals surface area contributed by atoms with Crippen LogP contribution in [0.4, 0.5) is 4.79 Å². The first kappa shape index (κ1) is 18.7. The first-order chi connectivity index (χ1) is 12.0. The number of carbonyl (C=O) groups is 4. The van der Waals surface area contributed by atoms with Gasteiger partial charge in [0.05, 0.1) is 0 Å². The molecule has 1 heterocycles. The van der Waals surface area contributed by atoms with E-state index >= 15 is 0 Å². The molecule has 25 heavy (non-hydrogen) atoms. The van der Waals surface area contributed by atoms with E-state index in [2.05, 4.69) is 5.32 Å². The zero-order chi connectivity index (χ0) is 18.4. The molecule has 136 valence electrons. The highest BCUT2D eigenvalue weighted by Crippen LogP contribution is 2.16. The molecule has 0 saturated carbocycles. The number of urea groups is 1. The Kier molecular flexibility index (Phi) is 6.32. The molecule has 4 amide bonds. The third kappa shape index (κ3) is 4.46. The van der Waals surface area contributed by atoms with Gasteiger partial charge in [-0.1, -0.05) is 31.6 Å². The minimum atomic E-state index is -1.21. The lowest BCUT2D eigenvalue weighted by molar-refractivity contribution is -0.153. The van der Waals surface area contributed by atoms with E-state index in [1.807, 2.05) is 19.1 Å². The largest absolute Gasteiger partial charge is 0.479 e. The van der Waals surface area contributed by atoms with Gasteiger partial charge in [0.2, 0.25) is 0 Å². The number of rotatable bonds is 6. The molecule has 1 atom stereocenters. The Balaban J connectivity index is 2.02. The van der Waals surface area contributed by atoms with Crippen molar-refractivity contribution in [2.24, 2.45) is 0 Å². The third-order valence-electron chi connectivity index (χ3n) is 4.26. The molecule has 1 fully saturated rings. The van der Waals surface area contributed by atoms with E-state index in [1.165, 1.54) is 4.90 Å².